The minimum atomic E-state index is -0.0821. The van der Waals surface area contributed by atoms with Gasteiger partial charge < -0.3 is 14.2 Å². The largest absolute Gasteiger partial charge is 0.378 e. The highest BCUT2D eigenvalue weighted by Gasteiger charge is 2.40. The van der Waals surface area contributed by atoms with Crippen LogP contribution in [0.1, 0.15) is 27.2 Å². The maximum Gasteiger partial charge on any atom is 0.160 e. The van der Waals surface area contributed by atoms with Crippen LogP contribution in [0.15, 0.2) is 0 Å². The van der Waals surface area contributed by atoms with Crippen molar-refractivity contribution in [3.63, 3.8) is 0 Å². The Morgan fingerprint density at radius 2 is 1.71 bits per heavy atom. The molecule has 0 bridgehead atoms. The molecule has 0 N–H and O–H groups in total. The molecule has 1 rings (SSSR count). The Labute approximate surface area is 86.7 Å². The van der Waals surface area contributed by atoms with Crippen LogP contribution < -0.4 is 0 Å². The van der Waals surface area contributed by atoms with Gasteiger partial charge in [0.15, 0.2) is 6.29 Å². The van der Waals surface area contributed by atoms with E-state index >= 15 is 0 Å². The molecule has 1 aliphatic heterocycles. The van der Waals surface area contributed by atoms with Crippen LogP contribution in [-0.4, -0.2) is 32.7 Å². The molecular formula is C11H22O3. The summed E-state index contributed by atoms with van der Waals surface area (Å²) in [6, 6.07) is 0. The third-order valence-electron chi connectivity index (χ3n) is 3.36. The first-order valence-corrected chi connectivity index (χ1v) is 5.36. The van der Waals surface area contributed by atoms with Crippen molar-refractivity contribution in [3.8, 4) is 0 Å². The predicted molar refractivity (Wildman–Crippen MR) is 55.1 cm³/mol. The lowest BCUT2D eigenvalue weighted by molar-refractivity contribution is -0.258. The van der Waals surface area contributed by atoms with Crippen LogP contribution in [0.2, 0.25) is 0 Å². The molecule has 1 aliphatic rings. The number of rotatable bonds is 3. The van der Waals surface area contributed by atoms with E-state index in [1.165, 1.54) is 0 Å². The molecule has 5 atom stereocenters. The second-order valence-corrected chi connectivity index (χ2v) is 4.11. The van der Waals surface area contributed by atoms with Crippen molar-refractivity contribution in [2.24, 2.45) is 11.8 Å². The van der Waals surface area contributed by atoms with Crippen LogP contribution >= 0.6 is 0 Å². The molecule has 0 saturated carbocycles. The molecule has 0 aliphatic carbocycles. The van der Waals surface area contributed by atoms with Gasteiger partial charge in [0.1, 0.15) is 0 Å². The summed E-state index contributed by atoms with van der Waals surface area (Å²) in [5.74, 6) is 0.858. The Hall–Kier alpha value is -0.120. The van der Waals surface area contributed by atoms with Crippen LogP contribution in [0.4, 0.5) is 0 Å². The first-order chi connectivity index (χ1) is 6.65. The lowest BCUT2D eigenvalue weighted by atomic mass is 9.84. The Morgan fingerprint density at radius 1 is 1.07 bits per heavy atom. The molecule has 84 valence electrons. The summed E-state index contributed by atoms with van der Waals surface area (Å²) in [6.45, 7) is 6.47. The molecule has 1 heterocycles. The van der Waals surface area contributed by atoms with Crippen molar-refractivity contribution < 1.29 is 14.2 Å². The van der Waals surface area contributed by atoms with Gasteiger partial charge in [-0.25, -0.2) is 0 Å². The summed E-state index contributed by atoms with van der Waals surface area (Å²) >= 11 is 0. The van der Waals surface area contributed by atoms with Gasteiger partial charge in [-0.1, -0.05) is 20.8 Å². The van der Waals surface area contributed by atoms with Gasteiger partial charge in [-0.2, -0.15) is 0 Å². The van der Waals surface area contributed by atoms with Gasteiger partial charge in [-0.15, -0.1) is 0 Å². The van der Waals surface area contributed by atoms with Gasteiger partial charge in [0.2, 0.25) is 0 Å². The van der Waals surface area contributed by atoms with Gasteiger partial charge in [0, 0.05) is 20.1 Å². The molecule has 0 aromatic heterocycles. The lowest BCUT2D eigenvalue weighted by Crippen LogP contribution is -2.50. The summed E-state index contributed by atoms with van der Waals surface area (Å²) in [4.78, 5) is 0. The molecule has 14 heavy (non-hydrogen) atoms. The van der Waals surface area contributed by atoms with E-state index in [0.717, 1.165) is 6.42 Å². The van der Waals surface area contributed by atoms with Crippen molar-refractivity contribution >= 4 is 0 Å². The zero-order valence-corrected chi connectivity index (χ0v) is 9.82. The third-order valence-corrected chi connectivity index (χ3v) is 3.36. The van der Waals surface area contributed by atoms with E-state index in [2.05, 4.69) is 20.8 Å². The predicted octanol–water partition coefficient (Wildman–Crippen LogP) is 2.05. The van der Waals surface area contributed by atoms with Crippen LogP contribution in [0.3, 0.4) is 0 Å². The minimum Gasteiger partial charge on any atom is -0.378 e. The van der Waals surface area contributed by atoms with E-state index in [1.807, 2.05) is 0 Å². The van der Waals surface area contributed by atoms with Crippen LogP contribution in [0.25, 0.3) is 0 Å². The summed E-state index contributed by atoms with van der Waals surface area (Å²) in [5, 5.41) is 0. The van der Waals surface area contributed by atoms with Crippen LogP contribution in [-0.2, 0) is 14.2 Å². The normalized spacial score (nSPS) is 43.9. The smallest absolute Gasteiger partial charge is 0.160 e. The fourth-order valence-electron chi connectivity index (χ4n) is 2.22. The molecule has 1 fully saturated rings. The molecule has 0 radical (unpaired) electrons. The van der Waals surface area contributed by atoms with E-state index in [1.54, 1.807) is 14.2 Å². The third kappa shape index (κ3) is 2.10. The zero-order valence-electron chi connectivity index (χ0n) is 9.82. The lowest BCUT2D eigenvalue weighted by Gasteiger charge is -2.43. The highest BCUT2D eigenvalue weighted by atomic mass is 16.7. The van der Waals surface area contributed by atoms with Crippen molar-refractivity contribution in [2.75, 3.05) is 14.2 Å². The van der Waals surface area contributed by atoms with Crippen LogP contribution in [0, 0.1) is 11.8 Å². The Kier molecular flexibility index (Phi) is 4.35. The Balaban J connectivity index is 2.71. The SMILES string of the molecule is CC[C@H]1O[C@H](OC)C(C)C(C)[C@@H]1OC. The number of ether oxygens (including phenoxy) is 3. The minimum absolute atomic E-state index is 0.0821. The van der Waals surface area contributed by atoms with E-state index in [0.29, 0.717) is 11.8 Å². The fraction of sp³-hybridized carbons (Fsp3) is 1.00. The monoisotopic (exact) mass is 202 g/mol. The number of hydrogen-bond donors (Lipinski definition) is 0. The van der Waals surface area contributed by atoms with E-state index in [4.69, 9.17) is 14.2 Å². The average Bonchev–Trinajstić information content (AvgIpc) is 2.21. The van der Waals surface area contributed by atoms with Gasteiger partial charge in [-0.05, 0) is 12.3 Å². The van der Waals surface area contributed by atoms with Gasteiger partial charge >= 0.3 is 0 Å². The van der Waals surface area contributed by atoms with Gasteiger partial charge in [-0.3, -0.25) is 0 Å². The van der Waals surface area contributed by atoms with Crippen molar-refractivity contribution in [3.05, 3.63) is 0 Å². The molecular weight excluding hydrogens is 180 g/mol. The van der Waals surface area contributed by atoms with E-state index < -0.39 is 0 Å². The fourth-order valence-corrected chi connectivity index (χ4v) is 2.22. The molecule has 2 unspecified atom stereocenters. The van der Waals surface area contributed by atoms with Gasteiger partial charge in [0.05, 0.1) is 12.2 Å². The molecule has 3 nitrogen and oxygen atoms in total. The molecule has 0 spiro atoms. The molecule has 1 saturated heterocycles. The van der Waals surface area contributed by atoms with E-state index in [9.17, 15) is 0 Å². The highest BCUT2D eigenvalue weighted by molar-refractivity contribution is 4.85. The summed E-state index contributed by atoms with van der Waals surface area (Å²) in [5.41, 5.74) is 0. The molecule has 3 heteroatoms. The van der Waals surface area contributed by atoms with Crippen molar-refractivity contribution in [1.29, 1.82) is 0 Å². The topological polar surface area (TPSA) is 27.7 Å². The zero-order chi connectivity index (χ0) is 10.7. The van der Waals surface area contributed by atoms with Gasteiger partial charge in [0.25, 0.3) is 0 Å². The molecule has 0 aromatic carbocycles. The van der Waals surface area contributed by atoms with Crippen LogP contribution in [0.5, 0.6) is 0 Å². The second kappa shape index (κ2) is 5.10. The standard InChI is InChI=1S/C11H22O3/c1-6-9-10(12-4)7(2)8(3)11(13-5)14-9/h7-11H,6H2,1-5H3/t7?,8?,9-,10+,11+/m1/s1. The number of hydrogen-bond acceptors (Lipinski definition) is 3. The maximum absolute atomic E-state index is 5.82. The second-order valence-electron chi connectivity index (χ2n) is 4.11. The maximum atomic E-state index is 5.82. The van der Waals surface area contributed by atoms with E-state index in [-0.39, 0.29) is 18.5 Å². The van der Waals surface area contributed by atoms with Crippen molar-refractivity contribution in [1.82, 2.24) is 0 Å². The summed E-state index contributed by atoms with van der Waals surface area (Å²) in [7, 11) is 3.46. The highest BCUT2D eigenvalue weighted by Crippen LogP contribution is 2.33. The first-order valence-electron chi connectivity index (χ1n) is 5.36. The average molecular weight is 202 g/mol. The number of methoxy groups -OCH3 is 2. The quantitative estimate of drug-likeness (QED) is 0.701. The molecule has 0 amide bonds. The Morgan fingerprint density at radius 3 is 2.14 bits per heavy atom. The molecule has 0 aromatic rings. The summed E-state index contributed by atoms with van der Waals surface area (Å²) < 4.78 is 16.6. The summed E-state index contributed by atoms with van der Waals surface area (Å²) in [6.07, 6.45) is 1.24. The van der Waals surface area contributed by atoms with Crippen molar-refractivity contribution in [2.45, 2.75) is 45.7 Å². The Bertz CT molecular complexity index is 170. The first kappa shape index (κ1) is 12.0.